The highest BCUT2D eigenvalue weighted by Crippen LogP contribution is 2.11. The molecular weight excluding hydrogens is 242 g/mol. The number of nitrogens with one attached hydrogen (secondary N) is 1. The minimum atomic E-state index is 0.0902. The molecular formula is C15H23NO3. The van der Waals surface area contributed by atoms with Crippen molar-refractivity contribution >= 4 is 5.78 Å². The lowest BCUT2D eigenvalue weighted by Gasteiger charge is -2.08. The van der Waals surface area contributed by atoms with Crippen molar-refractivity contribution in [2.45, 2.75) is 26.4 Å². The summed E-state index contributed by atoms with van der Waals surface area (Å²) in [4.78, 5) is 11.9. The quantitative estimate of drug-likeness (QED) is 0.549. The zero-order valence-electron chi connectivity index (χ0n) is 11.9. The van der Waals surface area contributed by atoms with E-state index in [1.807, 2.05) is 13.8 Å². The molecule has 0 saturated carbocycles. The largest absolute Gasteiger partial charge is 0.497 e. The smallest absolute Gasteiger partial charge is 0.176 e. The lowest BCUT2D eigenvalue weighted by atomic mass is 10.1. The molecule has 4 heteroatoms. The summed E-state index contributed by atoms with van der Waals surface area (Å²) in [7, 11) is 1.61. The molecule has 0 aliphatic heterocycles. The van der Waals surface area contributed by atoms with E-state index < -0.39 is 0 Å². The van der Waals surface area contributed by atoms with Gasteiger partial charge in [0.25, 0.3) is 0 Å². The highest BCUT2D eigenvalue weighted by Gasteiger charge is 2.05. The van der Waals surface area contributed by atoms with E-state index in [1.165, 1.54) is 0 Å². The van der Waals surface area contributed by atoms with Gasteiger partial charge in [0, 0.05) is 12.2 Å². The number of methoxy groups -OCH3 is 1. The summed E-state index contributed by atoms with van der Waals surface area (Å²) >= 11 is 0. The van der Waals surface area contributed by atoms with Crippen LogP contribution in [0.25, 0.3) is 0 Å². The predicted octanol–water partition coefficient (Wildman–Crippen LogP) is 2.28. The number of hydrogen-bond donors (Lipinski definition) is 1. The van der Waals surface area contributed by atoms with Gasteiger partial charge in [-0.25, -0.2) is 0 Å². The number of carbonyl (C=O) groups excluding carboxylic acids is 1. The fraction of sp³-hybridized carbons (Fsp3) is 0.533. The Bertz CT molecular complexity index is 373. The zero-order chi connectivity index (χ0) is 14.1. The molecule has 19 heavy (non-hydrogen) atoms. The van der Waals surface area contributed by atoms with Gasteiger partial charge in [0.2, 0.25) is 0 Å². The van der Waals surface area contributed by atoms with Crippen LogP contribution in [0.2, 0.25) is 0 Å². The highest BCUT2D eigenvalue weighted by molar-refractivity contribution is 5.97. The first-order valence-corrected chi connectivity index (χ1v) is 6.63. The summed E-state index contributed by atoms with van der Waals surface area (Å²) in [5.74, 6) is 0.850. The third kappa shape index (κ3) is 6.36. The van der Waals surface area contributed by atoms with Gasteiger partial charge in [-0.2, -0.15) is 0 Å². The Labute approximate surface area is 115 Å². The predicted molar refractivity (Wildman–Crippen MR) is 75.9 cm³/mol. The van der Waals surface area contributed by atoms with E-state index in [2.05, 4.69) is 5.32 Å². The molecule has 0 spiro atoms. The number of Topliss-reactive ketones (excluding diaryl/α,β-unsaturated/α-hetero) is 1. The first-order valence-electron chi connectivity index (χ1n) is 6.63. The van der Waals surface area contributed by atoms with Crippen molar-refractivity contribution in [1.29, 1.82) is 0 Å². The van der Waals surface area contributed by atoms with Crippen molar-refractivity contribution in [2.75, 3.05) is 26.8 Å². The summed E-state index contributed by atoms with van der Waals surface area (Å²) in [6, 6.07) is 7.16. The van der Waals surface area contributed by atoms with Crippen LogP contribution >= 0.6 is 0 Å². The maximum Gasteiger partial charge on any atom is 0.176 e. The van der Waals surface area contributed by atoms with Crippen LogP contribution in [0.15, 0.2) is 24.3 Å². The first kappa shape index (κ1) is 15.7. The van der Waals surface area contributed by atoms with E-state index in [0.717, 1.165) is 25.3 Å². The average Bonchev–Trinajstić information content (AvgIpc) is 2.42. The van der Waals surface area contributed by atoms with Gasteiger partial charge >= 0.3 is 0 Å². The molecule has 0 unspecified atom stereocenters. The van der Waals surface area contributed by atoms with Crippen LogP contribution in [-0.2, 0) is 4.74 Å². The third-order valence-electron chi connectivity index (χ3n) is 2.65. The van der Waals surface area contributed by atoms with E-state index in [-0.39, 0.29) is 11.9 Å². The van der Waals surface area contributed by atoms with E-state index >= 15 is 0 Å². The van der Waals surface area contributed by atoms with Crippen molar-refractivity contribution in [3.05, 3.63) is 29.8 Å². The third-order valence-corrected chi connectivity index (χ3v) is 2.65. The molecule has 106 valence electrons. The van der Waals surface area contributed by atoms with Gasteiger partial charge < -0.3 is 14.8 Å². The van der Waals surface area contributed by atoms with Crippen LogP contribution in [0, 0.1) is 0 Å². The minimum Gasteiger partial charge on any atom is -0.497 e. The SMILES string of the molecule is COc1ccc(C(=O)CNCCCOC(C)C)cc1. The Morgan fingerprint density at radius 1 is 1.26 bits per heavy atom. The van der Waals surface area contributed by atoms with Crippen molar-refractivity contribution in [1.82, 2.24) is 5.32 Å². The standard InChI is InChI=1S/C15H23NO3/c1-12(2)19-10-4-9-16-11-15(17)13-5-7-14(18-3)8-6-13/h5-8,12,16H,4,9-11H2,1-3H3. The van der Waals surface area contributed by atoms with E-state index in [0.29, 0.717) is 12.1 Å². The van der Waals surface area contributed by atoms with Gasteiger partial charge in [-0.15, -0.1) is 0 Å². The summed E-state index contributed by atoms with van der Waals surface area (Å²) in [6.07, 6.45) is 1.18. The zero-order valence-corrected chi connectivity index (χ0v) is 11.9. The molecule has 0 aliphatic rings. The molecule has 0 radical (unpaired) electrons. The van der Waals surface area contributed by atoms with Crippen molar-refractivity contribution in [3.63, 3.8) is 0 Å². The minimum absolute atomic E-state index is 0.0902. The summed E-state index contributed by atoms with van der Waals surface area (Å²) in [6.45, 7) is 5.89. The summed E-state index contributed by atoms with van der Waals surface area (Å²) in [5, 5.41) is 3.13. The fourth-order valence-electron chi connectivity index (χ4n) is 1.60. The molecule has 4 nitrogen and oxygen atoms in total. The topological polar surface area (TPSA) is 47.6 Å². The Hall–Kier alpha value is -1.39. The van der Waals surface area contributed by atoms with E-state index in [4.69, 9.17) is 9.47 Å². The van der Waals surface area contributed by atoms with E-state index in [1.54, 1.807) is 31.4 Å². The molecule has 0 aromatic heterocycles. The average molecular weight is 265 g/mol. The van der Waals surface area contributed by atoms with Crippen LogP contribution < -0.4 is 10.1 Å². The van der Waals surface area contributed by atoms with Gasteiger partial charge in [-0.05, 0) is 51.1 Å². The van der Waals surface area contributed by atoms with Gasteiger partial charge in [-0.3, -0.25) is 4.79 Å². The van der Waals surface area contributed by atoms with Gasteiger partial charge in [0.05, 0.1) is 19.8 Å². The lowest BCUT2D eigenvalue weighted by Crippen LogP contribution is -2.25. The number of ketones is 1. The van der Waals surface area contributed by atoms with Crippen molar-refractivity contribution < 1.29 is 14.3 Å². The highest BCUT2D eigenvalue weighted by atomic mass is 16.5. The molecule has 0 saturated heterocycles. The molecule has 0 aliphatic carbocycles. The summed E-state index contributed by atoms with van der Waals surface area (Å²) in [5.41, 5.74) is 0.701. The van der Waals surface area contributed by atoms with E-state index in [9.17, 15) is 4.79 Å². The lowest BCUT2D eigenvalue weighted by molar-refractivity contribution is 0.0767. The second-order valence-electron chi connectivity index (χ2n) is 4.60. The fourth-order valence-corrected chi connectivity index (χ4v) is 1.60. The second-order valence-corrected chi connectivity index (χ2v) is 4.60. The molecule has 0 heterocycles. The Morgan fingerprint density at radius 2 is 1.95 bits per heavy atom. The number of hydrogen-bond acceptors (Lipinski definition) is 4. The molecule has 0 atom stereocenters. The molecule has 1 rings (SSSR count). The molecule has 1 aromatic carbocycles. The van der Waals surface area contributed by atoms with Crippen LogP contribution in [0.1, 0.15) is 30.6 Å². The Morgan fingerprint density at radius 3 is 2.53 bits per heavy atom. The number of rotatable bonds is 9. The molecule has 0 fully saturated rings. The molecule has 0 amide bonds. The van der Waals surface area contributed by atoms with Gasteiger partial charge in [0.1, 0.15) is 5.75 Å². The van der Waals surface area contributed by atoms with Crippen LogP contribution in [0.4, 0.5) is 0 Å². The number of carbonyl (C=O) groups is 1. The first-order chi connectivity index (χ1) is 9.13. The summed E-state index contributed by atoms with van der Waals surface area (Å²) < 4.78 is 10.5. The van der Waals surface area contributed by atoms with Crippen molar-refractivity contribution in [3.8, 4) is 5.75 Å². The number of benzene rings is 1. The maximum atomic E-state index is 11.9. The maximum absolute atomic E-state index is 11.9. The normalized spacial score (nSPS) is 10.7. The van der Waals surface area contributed by atoms with Crippen molar-refractivity contribution in [2.24, 2.45) is 0 Å². The number of ether oxygens (including phenoxy) is 2. The monoisotopic (exact) mass is 265 g/mol. The molecule has 1 aromatic rings. The van der Waals surface area contributed by atoms with Crippen LogP contribution in [0.5, 0.6) is 5.75 Å². The molecule has 0 bridgehead atoms. The Balaban J connectivity index is 2.20. The Kier molecular flexibility index (Phi) is 7.15. The van der Waals surface area contributed by atoms with Gasteiger partial charge in [-0.1, -0.05) is 0 Å². The van der Waals surface area contributed by atoms with Gasteiger partial charge in [0.15, 0.2) is 5.78 Å². The molecule has 1 N–H and O–H groups in total. The second kappa shape index (κ2) is 8.67. The van der Waals surface area contributed by atoms with Crippen LogP contribution in [0.3, 0.4) is 0 Å². The van der Waals surface area contributed by atoms with Crippen LogP contribution in [-0.4, -0.2) is 38.7 Å².